The number of carbonyl (C=O) groups excluding carboxylic acids is 3. The largest absolute Gasteiger partial charge is 0.462 e. The van der Waals surface area contributed by atoms with E-state index in [1.165, 1.54) is 77.0 Å². The molecule has 0 aromatic rings. The highest BCUT2D eigenvalue weighted by atomic mass is 16.6. The highest BCUT2D eigenvalue weighted by Gasteiger charge is 2.19. The summed E-state index contributed by atoms with van der Waals surface area (Å²) in [5, 5.41) is 0. The van der Waals surface area contributed by atoms with Gasteiger partial charge >= 0.3 is 17.9 Å². The Morgan fingerprint density at radius 1 is 0.284 bits per heavy atom. The van der Waals surface area contributed by atoms with Gasteiger partial charge in [-0.2, -0.15) is 0 Å². The highest BCUT2D eigenvalue weighted by molar-refractivity contribution is 5.71. The van der Waals surface area contributed by atoms with E-state index in [1.807, 2.05) is 0 Å². The predicted molar refractivity (Wildman–Crippen MR) is 320 cm³/mol. The summed E-state index contributed by atoms with van der Waals surface area (Å²) in [7, 11) is 0. The SMILES string of the molecule is CC/C=C\C/C=C\C/C=C\C/C=C\C/C=C\C/C=C\C/C=C\C/C=C\CCCCCCC(=O)OCC(COC(=O)CCCCCCC/C=C\C/C=C\CCC)OC(=O)CCCCCCCCCCCCCCCC. The Morgan fingerprint density at radius 2 is 0.554 bits per heavy atom. The molecule has 0 saturated carbocycles. The van der Waals surface area contributed by atoms with Gasteiger partial charge < -0.3 is 14.2 Å². The Kier molecular flexibility index (Phi) is 57.9. The maximum Gasteiger partial charge on any atom is 0.306 e. The molecule has 0 fully saturated rings. The van der Waals surface area contributed by atoms with Crippen LogP contribution >= 0.6 is 0 Å². The van der Waals surface area contributed by atoms with E-state index >= 15 is 0 Å². The van der Waals surface area contributed by atoms with Crippen molar-refractivity contribution in [2.24, 2.45) is 0 Å². The first kappa shape index (κ1) is 69.8. The Balaban J connectivity index is 4.36. The molecule has 1 unspecified atom stereocenters. The van der Waals surface area contributed by atoms with Crippen molar-refractivity contribution in [1.29, 1.82) is 0 Å². The van der Waals surface area contributed by atoms with E-state index in [2.05, 4.69) is 142 Å². The fourth-order valence-corrected chi connectivity index (χ4v) is 8.14. The quantitative estimate of drug-likeness (QED) is 0.0261. The smallest absolute Gasteiger partial charge is 0.306 e. The Bertz CT molecular complexity index is 1550. The van der Waals surface area contributed by atoms with Crippen LogP contribution in [0.5, 0.6) is 0 Å². The number of hydrogen-bond acceptors (Lipinski definition) is 6. The molecule has 0 rings (SSSR count). The number of esters is 3. The summed E-state index contributed by atoms with van der Waals surface area (Å²) in [6, 6.07) is 0. The molecule has 0 aliphatic carbocycles. The Morgan fingerprint density at radius 3 is 0.878 bits per heavy atom. The molecular weight excluding hydrogens is 913 g/mol. The number of carbonyl (C=O) groups is 3. The van der Waals surface area contributed by atoms with Crippen LogP contribution in [0.2, 0.25) is 0 Å². The summed E-state index contributed by atoms with van der Waals surface area (Å²) in [5.41, 5.74) is 0. The summed E-state index contributed by atoms with van der Waals surface area (Å²) < 4.78 is 16.8. The zero-order valence-corrected chi connectivity index (χ0v) is 48.1. The molecule has 0 aromatic carbocycles. The van der Waals surface area contributed by atoms with E-state index in [1.54, 1.807) is 0 Å². The van der Waals surface area contributed by atoms with E-state index in [-0.39, 0.29) is 31.1 Å². The van der Waals surface area contributed by atoms with Gasteiger partial charge in [-0.25, -0.2) is 0 Å². The third-order valence-electron chi connectivity index (χ3n) is 12.7. The number of hydrogen-bond donors (Lipinski definition) is 0. The first-order valence-corrected chi connectivity index (χ1v) is 30.5. The minimum Gasteiger partial charge on any atom is -0.462 e. The van der Waals surface area contributed by atoms with Crippen molar-refractivity contribution in [3.63, 3.8) is 0 Å². The van der Waals surface area contributed by atoms with Gasteiger partial charge in [0.05, 0.1) is 0 Å². The molecule has 1 atom stereocenters. The second kappa shape index (κ2) is 61.4. The summed E-state index contributed by atoms with van der Waals surface area (Å²) in [5.74, 6) is -0.930. The zero-order valence-electron chi connectivity index (χ0n) is 48.1. The number of rotatable bonds is 54. The number of unbranched alkanes of at least 4 members (excludes halogenated alkanes) is 23. The lowest BCUT2D eigenvalue weighted by Gasteiger charge is -2.18. The van der Waals surface area contributed by atoms with Gasteiger partial charge in [-0.3, -0.25) is 14.4 Å². The van der Waals surface area contributed by atoms with Crippen LogP contribution in [-0.4, -0.2) is 37.2 Å². The first-order valence-electron chi connectivity index (χ1n) is 30.5. The van der Waals surface area contributed by atoms with Crippen LogP contribution in [0.25, 0.3) is 0 Å². The van der Waals surface area contributed by atoms with Crippen molar-refractivity contribution in [2.75, 3.05) is 13.2 Å². The van der Waals surface area contributed by atoms with Gasteiger partial charge in [0.2, 0.25) is 0 Å². The molecule has 0 aliphatic rings. The zero-order chi connectivity index (χ0) is 53.6. The van der Waals surface area contributed by atoms with Crippen LogP contribution in [0.1, 0.15) is 271 Å². The van der Waals surface area contributed by atoms with Crippen molar-refractivity contribution in [3.8, 4) is 0 Å². The topological polar surface area (TPSA) is 78.9 Å². The molecule has 420 valence electrons. The number of ether oxygens (including phenoxy) is 3. The number of allylic oxidation sites excluding steroid dienone is 20. The summed E-state index contributed by atoms with van der Waals surface area (Å²) in [4.78, 5) is 38.2. The predicted octanol–water partition coefficient (Wildman–Crippen LogP) is 20.8. The van der Waals surface area contributed by atoms with Crippen molar-refractivity contribution in [3.05, 3.63) is 122 Å². The molecule has 0 spiro atoms. The Labute approximate surface area is 456 Å². The van der Waals surface area contributed by atoms with Gasteiger partial charge in [0.15, 0.2) is 6.10 Å². The van der Waals surface area contributed by atoms with Crippen LogP contribution in [0.3, 0.4) is 0 Å². The van der Waals surface area contributed by atoms with Gasteiger partial charge in [0.25, 0.3) is 0 Å². The van der Waals surface area contributed by atoms with Crippen molar-refractivity contribution < 1.29 is 28.6 Å². The van der Waals surface area contributed by atoms with E-state index in [0.29, 0.717) is 19.3 Å². The minimum absolute atomic E-state index is 0.0939. The lowest BCUT2D eigenvalue weighted by atomic mass is 10.0. The second-order valence-electron chi connectivity index (χ2n) is 19.9. The monoisotopic (exact) mass is 1020 g/mol. The van der Waals surface area contributed by atoms with Crippen LogP contribution in [0.4, 0.5) is 0 Å². The van der Waals surface area contributed by atoms with Gasteiger partial charge in [-0.05, 0) is 109 Å². The molecule has 6 heteroatoms. The normalized spacial score (nSPS) is 13.0. The molecule has 0 N–H and O–H groups in total. The lowest BCUT2D eigenvalue weighted by Crippen LogP contribution is -2.30. The molecular formula is C68H112O6. The summed E-state index contributed by atoms with van der Waals surface area (Å²) >= 11 is 0. The average molecular weight is 1030 g/mol. The molecule has 6 nitrogen and oxygen atoms in total. The molecule has 0 heterocycles. The van der Waals surface area contributed by atoms with Gasteiger partial charge in [-0.15, -0.1) is 0 Å². The van der Waals surface area contributed by atoms with Crippen molar-refractivity contribution in [1.82, 2.24) is 0 Å². The highest BCUT2D eigenvalue weighted by Crippen LogP contribution is 2.15. The maximum atomic E-state index is 12.9. The standard InChI is InChI=1S/C68H112O6/c1-4-7-10-13-16-19-22-25-27-28-29-30-31-32-33-34-35-36-37-38-39-40-41-44-46-49-52-55-58-61-67(70)73-64-65(63-72-66(69)60-57-54-51-48-45-42-24-21-18-15-12-9-6-3)74-68(71)62-59-56-53-50-47-43-26-23-20-17-14-11-8-5-2/h7,10,12,15-16,19,21,24-25,27,29-30,32-33,35-36,38-39,41,44,65H,4-6,8-9,11,13-14,17-18,20,22-23,26,28,31,34,37,40,42-43,45-64H2,1-3H3/b10-7-,15-12-,19-16-,24-21-,27-25-,30-29-,33-32-,36-35-,39-38-,44-41-. The van der Waals surface area contributed by atoms with Crippen LogP contribution in [0.15, 0.2) is 122 Å². The van der Waals surface area contributed by atoms with Crippen LogP contribution in [-0.2, 0) is 28.6 Å². The molecule has 0 radical (unpaired) electrons. The second-order valence-corrected chi connectivity index (χ2v) is 19.9. The van der Waals surface area contributed by atoms with Gasteiger partial charge in [-0.1, -0.05) is 264 Å². The fourth-order valence-electron chi connectivity index (χ4n) is 8.14. The van der Waals surface area contributed by atoms with Crippen LogP contribution < -0.4 is 0 Å². The van der Waals surface area contributed by atoms with E-state index < -0.39 is 6.10 Å². The summed E-state index contributed by atoms with van der Waals surface area (Å²) in [6.45, 7) is 6.43. The van der Waals surface area contributed by atoms with E-state index in [9.17, 15) is 14.4 Å². The van der Waals surface area contributed by atoms with Crippen LogP contribution in [0, 0.1) is 0 Å². The maximum absolute atomic E-state index is 12.9. The lowest BCUT2D eigenvalue weighted by molar-refractivity contribution is -0.167. The molecule has 0 aliphatic heterocycles. The summed E-state index contributed by atoms with van der Waals surface area (Å²) in [6.07, 6.45) is 84.8. The third-order valence-corrected chi connectivity index (χ3v) is 12.7. The fraction of sp³-hybridized carbons (Fsp3) is 0.662. The Hall–Kier alpha value is -4.19. The van der Waals surface area contributed by atoms with E-state index in [4.69, 9.17) is 14.2 Å². The molecule has 0 saturated heterocycles. The molecule has 0 bridgehead atoms. The molecule has 0 amide bonds. The van der Waals surface area contributed by atoms with Gasteiger partial charge in [0.1, 0.15) is 13.2 Å². The third kappa shape index (κ3) is 58.7. The first-order chi connectivity index (χ1) is 36.5. The molecule has 74 heavy (non-hydrogen) atoms. The molecule has 0 aromatic heterocycles. The van der Waals surface area contributed by atoms with Crippen molar-refractivity contribution >= 4 is 17.9 Å². The van der Waals surface area contributed by atoms with Gasteiger partial charge in [0, 0.05) is 19.3 Å². The minimum atomic E-state index is -0.796. The van der Waals surface area contributed by atoms with Crippen molar-refractivity contribution in [2.45, 2.75) is 277 Å². The van der Waals surface area contributed by atoms with E-state index in [0.717, 1.165) is 154 Å². The average Bonchev–Trinajstić information content (AvgIpc) is 3.40.